The van der Waals surface area contributed by atoms with Crippen LogP contribution in [0.3, 0.4) is 0 Å². The highest BCUT2D eigenvalue weighted by molar-refractivity contribution is 5.96. The minimum Gasteiger partial charge on any atom is -0.507 e. The summed E-state index contributed by atoms with van der Waals surface area (Å²) in [5, 5.41) is 9.76. The number of piperazine rings is 1. The van der Waals surface area contributed by atoms with Crippen molar-refractivity contribution < 1.29 is 9.90 Å². The molecule has 1 aliphatic heterocycles. The third-order valence-electron chi connectivity index (χ3n) is 4.06. The van der Waals surface area contributed by atoms with Gasteiger partial charge in [0.2, 0.25) is 0 Å². The van der Waals surface area contributed by atoms with Crippen molar-refractivity contribution in [1.29, 1.82) is 0 Å². The Kier molecular flexibility index (Phi) is 4.30. The van der Waals surface area contributed by atoms with Gasteiger partial charge >= 0.3 is 0 Å². The smallest absolute Gasteiger partial charge is 0.257 e. The van der Waals surface area contributed by atoms with Crippen LogP contribution in [0.15, 0.2) is 24.3 Å². The summed E-state index contributed by atoms with van der Waals surface area (Å²) in [6.07, 6.45) is 0. The SMILES string of the molecule is CC(C)(CN)N1CCN(C(=O)c2ccccc2O)CC1. The van der Waals surface area contributed by atoms with Gasteiger partial charge in [-0.15, -0.1) is 0 Å². The van der Waals surface area contributed by atoms with Crippen molar-refractivity contribution in [3.05, 3.63) is 29.8 Å². The molecule has 3 N–H and O–H groups in total. The lowest BCUT2D eigenvalue weighted by Crippen LogP contribution is -2.58. The van der Waals surface area contributed by atoms with E-state index in [4.69, 9.17) is 5.73 Å². The van der Waals surface area contributed by atoms with Crippen molar-refractivity contribution in [3.8, 4) is 5.75 Å². The Bertz CT molecular complexity index is 480. The number of phenols is 1. The van der Waals surface area contributed by atoms with E-state index in [9.17, 15) is 9.90 Å². The summed E-state index contributed by atoms with van der Waals surface area (Å²) in [5.74, 6) is -0.0597. The van der Waals surface area contributed by atoms with Crippen molar-refractivity contribution >= 4 is 5.91 Å². The summed E-state index contributed by atoms with van der Waals surface area (Å²) < 4.78 is 0. The van der Waals surface area contributed by atoms with Crippen LogP contribution in [0, 0.1) is 0 Å². The highest BCUT2D eigenvalue weighted by atomic mass is 16.3. The first-order valence-corrected chi connectivity index (χ1v) is 6.98. The van der Waals surface area contributed by atoms with Gasteiger partial charge in [-0.05, 0) is 26.0 Å². The van der Waals surface area contributed by atoms with Gasteiger partial charge in [-0.3, -0.25) is 9.69 Å². The van der Waals surface area contributed by atoms with Gasteiger partial charge < -0.3 is 15.7 Å². The number of rotatable bonds is 3. The minimum absolute atomic E-state index is 0.0377. The van der Waals surface area contributed by atoms with Gasteiger partial charge in [-0.25, -0.2) is 0 Å². The van der Waals surface area contributed by atoms with Crippen LogP contribution in [0.4, 0.5) is 0 Å². The molecule has 5 heteroatoms. The normalized spacial score (nSPS) is 17.2. The van der Waals surface area contributed by atoms with Crippen molar-refractivity contribution in [2.24, 2.45) is 5.73 Å². The van der Waals surface area contributed by atoms with Crippen LogP contribution in [-0.2, 0) is 0 Å². The summed E-state index contributed by atoms with van der Waals surface area (Å²) in [6, 6.07) is 6.68. The fraction of sp³-hybridized carbons (Fsp3) is 0.533. The lowest BCUT2D eigenvalue weighted by atomic mass is 10.0. The molecule has 1 aliphatic rings. The Balaban J connectivity index is 2.01. The molecule has 0 unspecified atom stereocenters. The van der Waals surface area contributed by atoms with E-state index in [1.807, 2.05) is 0 Å². The topological polar surface area (TPSA) is 69.8 Å². The van der Waals surface area contributed by atoms with Crippen LogP contribution < -0.4 is 5.73 Å². The Hall–Kier alpha value is -1.59. The van der Waals surface area contributed by atoms with Crippen molar-refractivity contribution in [1.82, 2.24) is 9.80 Å². The summed E-state index contributed by atoms with van der Waals surface area (Å²) in [5.41, 5.74) is 6.12. The van der Waals surface area contributed by atoms with Gasteiger partial charge in [0.1, 0.15) is 5.75 Å². The molecule has 0 spiro atoms. The van der Waals surface area contributed by atoms with E-state index in [0.29, 0.717) is 25.2 Å². The molecular formula is C15H23N3O2. The Morgan fingerprint density at radius 2 is 1.85 bits per heavy atom. The number of phenolic OH excluding ortho intramolecular Hbond substituents is 1. The number of nitrogens with zero attached hydrogens (tertiary/aromatic N) is 2. The van der Waals surface area contributed by atoms with Crippen molar-refractivity contribution in [2.75, 3.05) is 32.7 Å². The van der Waals surface area contributed by atoms with Gasteiger partial charge in [-0.1, -0.05) is 12.1 Å². The number of hydrogen-bond acceptors (Lipinski definition) is 4. The van der Waals surface area contributed by atoms with Crippen molar-refractivity contribution in [3.63, 3.8) is 0 Å². The maximum Gasteiger partial charge on any atom is 0.257 e. The number of carbonyl (C=O) groups is 1. The van der Waals surface area contributed by atoms with Crippen LogP contribution in [0.2, 0.25) is 0 Å². The van der Waals surface area contributed by atoms with Gasteiger partial charge in [0.25, 0.3) is 5.91 Å². The first-order chi connectivity index (χ1) is 9.45. The molecule has 5 nitrogen and oxygen atoms in total. The third-order valence-corrected chi connectivity index (χ3v) is 4.06. The highest BCUT2D eigenvalue weighted by Gasteiger charge is 2.30. The van der Waals surface area contributed by atoms with Crippen LogP contribution in [-0.4, -0.2) is 59.1 Å². The first-order valence-electron chi connectivity index (χ1n) is 6.98. The molecule has 1 aromatic carbocycles. The summed E-state index contributed by atoms with van der Waals surface area (Å²) in [4.78, 5) is 16.5. The van der Waals surface area contributed by atoms with Crippen LogP contribution in [0.1, 0.15) is 24.2 Å². The van der Waals surface area contributed by atoms with Crippen LogP contribution >= 0.6 is 0 Å². The second-order valence-corrected chi connectivity index (χ2v) is 5.81. The molecule has 1 heterocycles. The van der Waals surface area contributed by atoms with E-state index >= 15 is 0 Å². The zero-order valence-electron chi connectivity index (χ0n) is 12.2. The molecule has 0 aliphatic carbocycles. The largest absolute Gasteiger partial charge is 0.507 e. The molecule has 0 bridgehead atoms. The number of benzene rings is 1. The highest BCUT2D eigenvalue weighted by Crippen LogP contribution is 2.20. The van der Waals surface area contributed by atoms with Gasteiger partial charge in [0.15, 0.2) is 0 Å². The number of aromatic hydroxyl groups is 1. The van der Waals surface area contributed by atoms with Crippen molar-refractivity contribution in [2.45, 2.75) is 19.4 Å². The third kappa shape index (κ3) is 2.94. The average molecular weight is 277 g/mol. The monoisotopic (exact) mass is 277 g/mol. The number of amides is 1. The molecule has 1 fully saturated rings. The molecule has 1 saturated heterocycles. The standard InChI is InChI=1S/C15H23N3O2/c1-15(2,11-16)18-9-7-17(8-10-18)14(20)12-5-3-4-6-13(12)19/h3-6,19H,7-11,16H2,1-2H3. The predicted octanol–water partition coefficient (Wildman–Crippen LogP) is 0.887. The fourth-order valence-electron chi connectivity index (χ4n) is 2.47. The first kappa shape index (κ1) is 14.8. The number of nitrogens with two attached hydrogens (primary N) is 1. The van der Waals surface area contributed by atoms with Gasteiger partial charge in [-0.2, -0.15) is 0 Å². The maximum absolute atomic E-state index is 12.4. The zero-order valence-corrected chi connectivity index (χ0v) is 12.2. The lowest BCUT2D eigenvalue weighted by Gasteiger charge is -2.43. The van der Waals surface area contributed by atoms with Gasteiger partial charge in [0, 0.05) is 38.3 Å². The van der Waals surface area contributed by atoms with Crippen LogP contribution in [0.25, 0.3) is 0 Å². The molecule has 1 aromatic rings. The molecule has 0 radical (unpaired) electrons. The van der Waals surface area contributed by atoms with E-state index in [0.717, 1.165) is 13.1 Å². The number of carbonyl (C=O) groups excluding carboxylic acids is 1. The van der Waals surface area contributed by atoms with E-state index in [1.165, 1.54) is 0 Å². The second kappa shape index (κ2) is 5.81. The molecule has 0 atom stereocenters. The number of para-hydroxylation sites is 1. The summed E-state index contributed by atoms with van der Waals surface area (Å²) in [7, 11) is 0. The molecule has 2 rings (SSSR count). The predicted molar refractivity (Wildman–Crippen MR) is 78.7 cm³/mol. The Morgan fingerprint density at radius 3 is 2.40 bits per heavy atom. The molecule has 0 saturated carbocycles. The average Bonchev–Trinajstić information content (AvgIpc) is 2.47. The van der Waals surface area contributed by atoms with E-state index in [-0.39, 0.29) is 17.2 Å². The lowest BCUT2D eigenvalue weighted by molar-refractivity contribution is 0.0424. The zero-order chi connectivity index (χ0) is 14.8. The maximum atomic E-state index is 12.4. The summed E-state index contributed by atoms with van der Waals surface area (Å²) >= 11 is 0. The van der Waals surface area contributed by atoms with E-state index in [2.05, 4.69) is 18.7 Å². The Labute approximate surface area is 120 Å². The minimum atomic E-state index is -0.103. The quantitative estimate of drug-likeness (QED) is 0.861. The fourth-order valence-corrected chi connectivity index (χ4v) is 2.47. The van der Waals surface area contributed by atoms with E-state index in [1.54, 1.807) is 29.2 Å². The molecule has 110 valence electrons. The second-order valence-electron chi connectivity index (χ2n) is 5.81. The van der Waals surface area contributed by atoms with Crippen LogP contribution in [0.5, 0.6) is 5.75 Å². The van der Waals surface area contributed by atoms with Gasteiger partial charge in [0.05, 0.1) is 5.56 Å². The molecule has 20 heavy (non-hydrogen) atoms. The Morgan fingerprint density at radius 1 is 1.25 bits per heavy atom. The molecule has 1 amide bonds. The van der Waals surface area contributed by atoms with E-state index < -0.39 is 0 Å². The molecular weight excluding hydrogens is 254 g/mol. The number of hydrogen-bond donors (Lipinski definition) is 2. The summed E-state index contributed by atoms with van der Waals surface area (Å²) in [6.45, 7) is 7.78. The molecule has 0 aromatic heterocycles.